The van der Waals surface area contributed by atoms with E-state index in [9.17, 15) is 20.3 Å². The first-order chi connectivity index (χ1) is 12.0. The van der Waals surface area contributed by atoms with E-state index in [-0.39, 0.29) is 25.4 Å². The number of ether oxygens (including phenoxy) is 1. The van der Waals surface area contributed by atoms with Gasteiger partial charge in [-0.3, -0.25) is 10.1 Å². The standard InChI is InChI=1S/C18H22N2O5/c1-13-4-2-3-5-18(13)25-12-16(21)10-19-11-17(22)14-6-8-15(9-7-14)20(23)24/h2-9,16-17,19,21-22H,10-12H2,1H3/t16-,17-/m0/s1. The van der Waals surface area contributed by atoms with Crippen LogP contribution < -0.4 is 10.1 Å². The lowest BCUT2D eigenvalue weighted by Gasteiger charge is -2.16. The summed E-state index contributed by atoms with van der Waals surface area (Å²) in [7, 11) is 0. The number of benzene rings is 2. The maximum absolute atomic E-state index is 10.6. The first-order valence-electron chi connectivity index (χ1n) is 7.97. The Balaban J connectivity index is 1.72. The molecular weight excluding hydrogens is 324 g/mol. The van der Waals surface area contributed by atoms with Gasteiger partial charge in [0.25, 0.3) is 5.69 Å². The number of nitrogens with zero attached hydrogens (tertiary/aromatic N) is 1. The molecule has 7 nitrogen and oxygen atoms in total. The lowest BCUT2D eigenvalue weighted by molar-refractivity contribution is -0.384. The van der Waals surface area contributed by atoms with Gasteiger partial charge < -0.3 is 20.3 Å². The van der Waals surface area contributed by atoms with Gasteiger partial charge in [0, 0.05) is 25.2 Å². The van der Waals surface area contributed by atoms with Crippen LogP contribution >= 0.6 is 0 Å². The molecule has 0 bridgehead atoms. The number of nitro groups is 1. The van der Waals surface area contributed by atoms with Crippen LogP contribution in [0.4, 0.5) is 5.69 Å². The monoisotopic (exact) mass is 346 g/mol. The molecule has 2 aromatic carbocycles. The van der Waals surface area contributed by atoms with Crippen molar-refractivity contribution < 1.29 is 19.9 Å². The minimum Gasteiger partial charge on any atom is -0.491 e. The Morgan fingerprint density at radius 1 is 1.12 bits per heavy atom. The molecule has 0 spiro atoms. The third kappa shape index (κ3) is 5.82. The van der Waals surface area contributed by atoms with Crippen LogP contribution in [0.1, 0.15) is 17.2 Å². The minimum absolute atomic E-state index is 0.0207. The zero-order chi connectivity index (χ0) is 18.2. The SMILES string of the molecule is Cc1ccccc1OC[C@@H](O)CNC[C@H](O)c1ccc([N+](=O)[O-])cc1. The normalized spacial score (nSPS) is 13.2. The highest BCUT2D eigenvalue weighted by atomic mass is 16.6. The summed E-state index contributed by atoms with van der Waals surface area (Å²) < 4.78 is 5.56. The first-order valence-corrected chi connectivity index (χ1v) is 7.97. The molecule has 0 aliphatic carbocycles. The van der Waals surface area contributed by atoms with E-state index in [0.29, 0.717) is 5.56 Å². The molecule has 0 heterocycles. The van der Waals surface area contributed by atoms with E-state index in [0.717, 1.165) is 11.3 Å². The third-order valence-corrected chi connectivity index (χ3v) is 3.73. The van der Waals surface area contributed by atoms with Crippen LogP contribution in [-0.4, -0.2) is 40.9 Å². The predicted molar refractivity (Wildman–Crippen MR) is 93.6 cm³/mol. The van der Waals surface area contributed by atoms with Crippen molar-refractivity contribution in [2.45, 2.75) is 19.1 Å². The van der Waals surface area contributed by atoms with Gasteiger partial charge in [0.2, 0.25) is 0 Å². The molecule has 3 N–H and O–H groups in total. The molecule has 7 heteroatoms. The number of nitro benzene ring substituents is 1. The molecule has 0 amide bonds. The number of para-hydroxylation sites is 1. The van der Waals surface area contributed by atoms with Gasteiger partial charge in [-0.05, 0) is 36.2 Å². The Kier molecular flexibility index (Phi) is 6.88. The van der Waals surface area contributed by atoms with E-state index in [1.807, 2.05) is 31.2 Å². The fourth-order valence-electron chi connectivity index (χ4n) is 2.29. The van der Waals surface area contributed by atoms with Crippen LogP contribution in [0.25, 0.3) is 0 Å². The number of hydrogen-bond donors (Lipinski definition) is 3. The zero-order valence-electron chi connectivity index (χ0n) is 14.0. The summed E-state index contributed by atoms with van der Waals surface area (Å²) in [5.41, 5.74) is 1.55. The Bertz CT molecular complexity index is 690. The quantitative estimate of drug-likeness (QED) is 0.474. The summed E-state index contributed by atoms with van der Waals surface area (Å²) in [4.78, 5) is 10.1. The summed E-state index contributed by atoms with van der Waals surface area (Å²) in [5, 5.41) is 33.6. The molecule has 0 saturated heterocycles. The van der Waals surface area contributed by atoms with E-state index >= 15 is 0 Å². The van der Waals surface area contributed by atoms with Crippen molar-refractivity contribution in [3.63, 3.8) is 0 Å². The Labute approximate surface area is 146 Å². The molecule has 0 unspecified atom stereocenters. The van der Waals surface area contributed by atoms with E-state index in [4.69, 9.17) is 4.74 Å². The smallest absolute Gasteiger partial charge is 0.269 e. The predicted octanol–water partition coefficient (Wildman–Crippen LogP) is 1.97. The molecule has 0 aliphatic rings. The maximum atomic E-state index is 10.6. The van der Waals surface area contributed by atoms with Gasteiger partial charge in [-0.15, -0.1) is 0 Å². The van der Waals surface area contributed by atoms with Crippen molar-refractivity contribution in [1.82, 2.24) is 5.32 Å². The Morgan fingerprint density at radius 3 is 2.44 bits per heavy atom. The van der Waals surface area contributed by atoms with Crippen LogP contribution in [0, 0.1) is 17.0 Å². The van der Waals surface area contributed by atoms with Crippen molar-refractivity contribution in [3.8, 4) is 5.75 Å². The maximum Gasteiger partial charge on any atom is 0.269 e. The molecule has 0 radical (unpaired) electrons. The van der Waals surface area contributed by atoms with Gasteiger partial charge in [0.1, 0.15) is 18.5 Å². The van der Waals surface area contributed by atoms with Gasteiger partial charge in [-0.1, -0.05) is 18.2 Å². The third-order valence-electron chi connectivity index (χ3n) is 3.73. The number of aliphatic hydroxyl groups excluding tert-OH is 2. The van der Waals surface area contributed by atoms with Gasteiger partial charge in [0.15, 0.2) is 0 Å². The number of non-ortho nitro benzene ring substituents is 1. The fourth-order valence-corrected chi connectivity index (χ4v) is 2.29. The number of rotatable bonds is 9. The van der Waals surface area contributed by atoms with Crippen LogP contribution in [0.15, 0.2) is 48.5 Å². The van der Waals surface area contributed by atoms with Crippen LogP contribution in [0.5, 0.6) is 5.75 Å². The number of aryl methyl sites for hydroxylation is 1. The molecule has 25 heavy (non-hydrogen) atoms. The lowest BCUT2D eigenvalue weighted by atomic mass is 10.1. The summed E-state index contributed by atoms with van der Waals surface area (Å²) >= 11 is 0. The van der Waals surface area contributed by atoms with Crippen molar-refractivity contribution in [1.29, 1.82) is 0 Å². The molecular formula is C18H22N2O5. The van der Waals surface area contributed by atoms with Gasteiger partial charge in [-0.2, -0.15) is 0 Å². The lowest BCUT2D eigenvalue weighted by Crippen LogP contribution is -2.33. The first kappa shape index (κ1) is 18.9. The largest absolute Gasteiger partial charge is 0.491 e. The molecule has 2 aromatic rings. The summed E-state index contributed by atoms with van der Waals surface area (Å²) in [6.07, 6.45) is -1.53. The highest BCUT2D eigenvalue weighted by Gasteiger charge is 2.12. The zero-order valence-corrected chi connectivity index (χ0v) is 14.0. The van der Waals surface area contributed by atoms with Gasteiger partial charge in [-0.25, -0.2) is 0 Å². The topological polar surface area (TPSA) is 105 Å². The average molecular weight is 346 g/mol. The van der Waals surface area contributed by atoms with Crippen molar-refractivity contribution in [2.75, 3.05) is 19.7 Å². The van der Waals surface area contributed by atoms with Gasteiger partial charge >= 0.3 is 0 Å². The summed E-state index contributed by atoms with van der Waals surface area (Å²) in [6.45, 7) is 2.56. The number of aliphatic hydroxyl groups is 2. The Hall–Kier alpha value is -2.48. The highest BCUT2D eigenvalue weighted by Crippen LogP contribution is 2.18. The van der Waals surface area contributed by atoms with Crippen LogP contribution in [-0.2, 0) is 0 Å². The second kappa shape index (κ2) is 9.12. The van der Waals surface area contributed by atoms with E-state index in [1.165, 1.54) is 24.3 Å². The Morgan fingerprint density at radius 2 is 1.80 bits per heavy atom. The summed E-state index contributed by atoms with van der Waals surface area (Å²) in [5.74, 6) is 0.729. The molecule has 134 valence electrons. The van der Waals surface area contributed by atoms with Crippen molar-refractivity contribution in [2.24, 2.45) is 0 Å². The van der Waals surface area contributed by atoms with E-state index in [1.54, 1.807) is 0 Å². The van der Waals surface area contributed by atoms with Crippen molar-refractivity contribution in [3.05, 3.63) is 69.8 Å². The molecule has 2 atom stereocenters. The summed E-state index contributed by atoms with van der Waals surface area (Å²) in [6, 6.07) is 13.3. The van der Waals surface area contributed by atoms with E-state index < -0.39 is 17.1 Å². The second-order valence-corrected chi connectivity index (χ2v) is 5.75. The second-order valence-electron chi connectivity index (χ2n) is 5.75. The highest BCUT2D eigenvalue weighted by molar-refractivity contribution is 5.34. The van der Waals surface area contributed by atoms with E-state index in [2.05, 4.69) is 5.32 Å². The molecule has 2 rings (SSSR count). The molecule has 0 aromatic heterocycles. The van der Waals surface area contributed by atoms with Crippen LogP contribution in [0.3, 0.4) is 0 Å². The molecule has 0 saturated carbocycles. The minimum atomic E-state index is -0.815. The number of hydrogen-bond acceptors (Lipinski definition) is 6. The molecule has 0 fully saturated rings. The molecule has 0 aliphatic heterocycles. The fraction of sp³-hybridized carbons (Fsp3) is 0.333. The van der Waals surface area contributed by atoms with Crippen LogP contribution in [0.2, 0.25) is 0 Å². The average Bonchev–Trinajstić information content (AvgIpc) is 2.61. The van der Waals surface area contributed by atoms with Gasteiger partial charge in [0.05, 0.1) is 11.0 Å². The van der Waals surface area contributed by atoms with Crippen molar-refractivity contribution >= 4 is 5.69 Å². The number of nitrogens with one attached hydrogen (secondary N) is 1.